The molecular weight excluding hydrogens is 957 g/mol. The standard InChI is InChI=1S/C41H30N8O16S3/c1-49-27-10-9-24(31-32(27)30(22-7-2-3-8-23(22)35(31)51)33(36(49)52)34(50)17-5-4-6-21(14-17)66(57,58)59)44-25-15-26(29(68(63,64)65)16-28(25)67(60,61)62)45-41-47-39(42)46-40(48-41)43-20-12-18(37(53)54)11-19(13-20)38(55)56/h2-16,25,28,44H,1H3,(H,53,54)(H,55,56)(H,57,58,59)(H,60,61,62)(H,63,64,65)(H4,42,43,45,46,47,48). The number of hydrogen-bond donors (Lipinski definition) is 9. The number of nitrogens with zero attached hydrogens (tertiary/aromatic N) is 4. The lowest BCUT2D eigenvalue weighted by Gasteiger charge is -2.30. The molecule has 2 aliphatic rings. The maximum Gasteiger partial charge on any atom is 0.335 e. The van der Waals surface area contributed by atoms with E-state index in [0.717, 1.165) is 41.0 Å². The van der Waals surface area contributed by atoms with E-state index < -0.39 is 121 Å². The fourth-order valence-electron chi connectivity index (χ4n) is 7.75. The Bertz CT molecular complexity index is 3730. The van der Waals surface area contributed by atoms with Crippen molar-refractivity contribution >= 4 is 94.0 Å². The third kappa shape index (κ3) is 8.53. The van der Waals surface area contributed by atoms with Crippen molar-refractivity contribution in [1.82, 2.24) is 19.5 Å². The molecule has 2 aromatic heterocycles. The number of benzene rings is 4. The SMILES string of the molecule is Cn1c(=O)c(C(=O)c2cccc(S(=O)(=O)O)c2)c2c3c(c(NC4C=C(Nc5nc(N)nc(Nc6cc(C(=O)O)cc(C(=O)O)c6)n5)C(S(=O)(=O)O)=CC4S(=O)(=O)O)ccc31)C(=O)c1ccccc1-2. The van der Waals surface area contributed by atoms with Crippen LogP contribution in [-0.2, 0) is 37.4 Å². The van der Waals surface area contributed by atoms with Gasteiger partial charge < -0.3 is 36.5 Å². The lowest BCUT2D eigenvalue weighted by Crippen LogP contribution is -2.41. The van der Waals surface area contributed by atoms with E-state index in [-0.39, 0.29) is 50.1 Å². The van der Waals surface area contributed by atoms with Gasteiger partial charge >= 0.3 is 11.9 Å². The van der Waals surface area contributed by atoms with Crippen molar-refractivity contribution in [3.8, 4) is 11.1 Å². The van der Waals surface area contributed by atoms with Gasteiger partial charge in [-0.15, -0.1) is 0 Å². The van der Waals surface area contributed by atoms with Crippen molar-refractivity contribution < 1.29 is 68.3 Å². The predicted octanol–water partition coefficient (Wildman–Crippen LogP) is 2.95. The van der Waals surface area contributed by atoms with E-state index in [1.807, 2.05) is 0 Å². The zero-order chi connectivity index (χ0) is 49.4. The van der Waals surface area contributed by atoms with E-state index in [2.05, 4.69) is 30.9 Å². The van der Waals surface area contributed by atoms with E-state index >= 15 is 0 Å². The molecule has 2 aliphatic carbocycles. The van der Waals surface area contributed by atoms with Crippen molar-refractivity contribution in [1.29, 1.82) is 0 Å². The minimum Gasteiger partial charge on any atom is -0.478 e. The molecule has 0 spiro atoms. The number of aromatic nitrogens is 4. The summed E-state index contributed by atoms with van der Waals surface area (Å²) in [6.45, 7) is 0. The number of carboxylic acid groups (broad SMARTS) is 2. The minimum absolute atomic E-state index is 0.0177. The second kappa shape index (κ2) is 16.6. The summed E-state index contributed by atoms with van der Waals surface area (Å²) in [7, 11) is -14.2. The molecule has 10 N–H and O–H groups in total. The van der Waals surface area contributed by atoms with Gasteiger partial charge in [0.05, 0.1) is 44.4 Å². The molecule has 0 amide bonds. The number of aryl methyl sites for hydroxylation is 1. The molecule has 0 fully saturated rings. The zero-order valence-corrected chi connectivity index (χ0v) is 36.6. The maximum atomic E-state index is 14.6. The van der Waals surface area contributed by atoms with E-state index in [1.54, 1.807) is 0 Å². The molecule has 2 heterocycles. The molecule has 4 aromatic carbocycles. The summed E-state index contributed by atoms with van der Waals surface area (Å²) in [6.07, 6.45) is 1.34. The van der Waals surface area contributed by atoms with Gasteiger partial charge in [0.2, 0.25) is 17.8 Å². The number of pyridine rings is 1. The number of hydrogen-bond acceptors (Lipinski definition) is 18. The van der Waals surface area contributed by atoms with Gasteiger partial charge in [-0.2, -0.15) is 40.2 Å². The van der Waals surface area contributed by atoms with Crippen LogP contribution in [0.3, 0.4) is 0 Å². The van der Waals surface area contributed by atoms with Crippen LogP contribution in [0.2, 0.25) is 0 Å². The average molecular weight is 987 g/mol. The second-order valence-corrected chi connectivity index (χ2v) is 19.3. The Morgan fingerprint density at radius 1 is 0.706 bits per heavy atom. The van der Waals surface area contributed by atoms with Gasteiger partial charge in [0, 0.05) is 40.5 Å². The molecule has 0 bridgehead atoms. The molecule has 2 unspecified atom stereocenters. The van der Waals surface area contributed by atoms with Crippen molar-refractivity contribution in [3.63, 3.8) is 0 Å². The number of nitrogen functional groups attached to an aromatic ring is 1. The maximum absolute atomic E-state index is 14.6. The molecule has 0 aliphatic heterocycles. The van der Waals surface area contributed by atoms with E-state index in [1.165, 1.54) is 55.6 Å². The van der Waals surface area contributed by atoms with Gasteiger partial charge in [-0.3, -0.25) is 28.0 Å². The van der Waals surface area contributed by atoms with Crippen LogP contribution in [0.25, 0.3) is 22.0 Å². The lowest BCUT2D eigenvalue weighted by atomic mass is 9.80. The number of anilines is 5. The van der Waals surface area contributed by atoms with Crippen LogP contribution in [0.1, 0.15) is 52.6 Å². The Labute approximate surface area is 381 Å². The molecule has 27 heteroatoms. The van der Waals surface area contributed by atoms with Crippen molar-refractivity contribution in [2.24, 2.45) is 7.05 Å². The molecule has 0 saturated carbocycles. The number of aromatic carboxylic acids is 2. The van der Waals surface area contributed by atoms with Crippen LogP contribution in [-0.4, -0.2) is 103 Å². The zero-order valence-electron chi connectivity index (χ0n) is 34.1. The topological polar surface area (TPSA) is 395 Å². The highest BCUT2D eigenvalue weighted by Crippen LogP contribution is 2.44. The van der Waals surface area contributed by atoms with Gasteiger partial charge in [-0.05, 0) is 60.2 Å². The van der Waals surface area contributed by atoms with Crippen molar-refractivity contribution in [2.75, 3.05) is 21.7 Å². The molecule has 348 valence electrons. The van der Waals surface area contributed by atoms with Crippen LogP contribution in [0, 0.1) is 0 Å². The highest BCUT2D eigenvalue weighted by molar-refractivity contribution is 7.90. The molecule has 6 aromatic rings. The summed E-state index contributed by atoms with van der Waals surface area (Å²) in [4.78, 5) is 76.5. The normalized spacial score (nSPS) is 15.7. The Morgan fingerprint density at radius 3 is 1.94 bits per heavy atom. The first kappa shape index (κ1) is 46.3. The van der Waals surface area contributed by atoms with Gasteiger partial charge in [0.1, 0.15) is 10.2 Å². The number of carbonyl (C=O) groups excluding carboxylic acids is 2. The first-order valence-electron chi connectivity index (χ1n) is 19.1. The number of rotatable bonds is 13. The third-order valence-electron chi connectivity index (χ3n) is 10.7. The second-order valence-electron chi connectivity index (χ2n) is 14.9. The molecule has 0 radical (unpaired) electrons. The number of nitrogens with one attached hydrogen (secondary N) is 3. The monoisotopic (exact) mass is 986 g/mol. The number of nitrogens with two attached hydrogens (primary N) is 1. The fraction of sp³-hybridized carbons (Fsp3) is 0.0732. The van der Waals surface area contributed by atoms with Gasteiger partial charge in [0.15, 0.2) is 11.6 Å². The Kier molecular flexibility index (Phi) is 11.3. The van der Waals surface area contributed by atoms with Crippen LogP contribution in [0.15, 0.2) is 111 Å². The Hall–Kier alpha value is -8.21. The Balaban J connectivity index is 1.28. The quantitative estimate of drug-likeness (QED) is 0.0592. The molecule has 68 heavy (non-hydrogen) atoms. The summed E-state index contributed by atoms with van der Waals surface area (Å²) in [6, 6.07) is 13.9. The third-order valence-corrected chi connectivity index (χ3v) is 13.5. The molecule has 8 rings (SSSR count). The van der Waals surface area contributed by atoms with E-state index in [0.29, 0.717) is 6.08 Å². The first-order valence-corrected chi connectivity index (χ1v) is 23.5. The number of ketones is 2. The number of fused-ring (bicyclic) bond motifs is 2. The van der Waals surface area contributed by atoms with Crippen LogP contribution < -0.4 is 27.2 Å². The molecular formula is C41H30N8O16S3. The summed E-state index contributed by atoms with van der Waals surface area (Å²) in [5, 5.41) is 24.6. The number of carbonyl (C=O) groups is 4. The smallest absolute Gasteiger partial charge is 0.335 e. The van der Waals surface area contributed by atoms with Gasteiger partial charge in [-0.25, -0.2) is 9.59 Å². The molecule has 24 nitrogen and oxygen atoms in total. The average Bonchev–Trinajstić information content (AvgIpc) is 3.25. The highest BCUT2D eigenvalue weighted by atomic mass is 32.2. The van der Waals surface area contributed by atoms with Crippen LogP contribution in [0.5, 0.6) is 0 Å². The molecule has 2 atom stereocenters. The predicted molar refractivity (Wildman–Crippen MR) is 240 cm³/mol. The van der Waals surface area contributed by atoms with Crippen molar-refractivity contribution in [2.45, 2.75) is 16.2 Å². The van der Waals surface area contributed by atoms with Crippen LogP contribution in [0.4, 0.5) is 29.2 Å². The van der Waals surface area contributed by atoms with Gasteiger partial charge in [0.25, 0.3) is 35.9 Å². The van der Waals surface area contributed by atoms with Crippen LogP contribution >= 0.6 is 0 Å². The van der Waals surface area contributed by atoms with E-state index in [9.17, 15) is 73.1 Å². The fourth-order valence-corrected chi connectivity index (χ4v) is 9.90. The van der Waals surface area contributed by atoms with Crippen molar-refractivity contribution in [3.05, 3.63) is 145 Å². The summed E-state index contributed by atoms with van der Waals surface area (Å²) in [5.41, 5.74) is 2.12. The largest absolute Gasteiger partial charge is 0.478 e. The summed E-state index contributed by atoms with van der Waals surface area (Å²) in [5.74, 6) is -6.28. The summed E-state index contributed by atoms with van der Waals surface area (Å²) >= 11 is 0. The highest BCUT2D eigenvalue weighted by Gasteiger charge is 2.40. The minimum atomic E-state index is -5.38. The lowest BCUT2D eigenvalue weighted by molar-refractivity contribution is 0.0696. The van der Waals surface area contributed by atoms with E-state index in [4.69, 9.17) is 5.73 Å². The van der Waals surface area contributed by atoms with Gasteiger partial charge in [-0.1, -0.05) is 36.4 Å². The first-order chi connectivity index (χ1) is 31.8. The molecule has 0 saturated heterocycles. The Morgan fingerprint density at radius 2 is 1.34 bits per heavy atom. The summed E-state index contributed by atoms with van der Waals surface area (Å²) < 4.78 is 107. The number of carboxylic acids is 2.